The predicted molar refractivity (Wildman–Crippen MR) is 92.0 cm³/mol. The van der Waals surface area contributed by atoms with Gasteiger partial charge in [0.2, 0.25) is 0 Å². The Morgan fingerprint density at radius 1 is 1.12 bits per heavy atom. The summed E-state index contributed by atoms with van der Waals surface area (Å²) in [6.07, 6.45) is 0. The largest absolute Gasteiger partial charge is 0.346 e. The maximum absolute atomic E-state index is 12.8. The summed E-state index contributed by atoms with van der Waals surface area (Å²) in [5.74, 6) is -1.73. The molecule has 24 heavy (non-hydrogen) atoms. The highest BCUT2D eigenvalue weighted by Gasteiger charge is 2.18. The summed E-state index contributed by atoms with van der Waals surface area (Å²) in [4.78, 5) is 25.7. The fraction of sp³-hybridized carbons (Fsp3) is 0.294. The van der Waals surface area contributed by atoms with Crippen LogP contribution in [0.3, 0.4) is 0 Å². The van der Waals surface area contributed by atoms with E-state index in [2.05, 4.69) is 10.6 Å². The van der Waals surface area contributed by atoms with Crippen molar-refractivity contribution in [3.8, 4) is 0 Å². The molecule has 1 heterocycles. The molecule has 0 bridgehead atoms. The summed E-state index contributed by atoms with van der Waals surface area (Å²) < 4.78 is 12.8. The van der Waals surface area contributed by atoms with E-state index in [1.165, 1.54) is 12.1 Å². The monoisotopic (exact) mass is 349 g/mol. The van der Waals surface area contributed by atoms with Crippen LogP contribution < -0.4 is 10.6 Å². The van der Waals surface area contributed by atoms with Crippen LogP contribution in [0.4, 0.5) is 4.39 Å². The molecule has 0 saturated carbocycles. The Kier molecular flexibility index (Phi) is 6.45. The molecular weight excluding hydrogens is 329 g/mol. The van der Waals surface area contributed by atoms with E-state index in [1.54, 1.807) is 23.5 Å². The molecule has 0 spiro atoms. The number of halogens is 1. The van der Waals surface area contributed by atoms with Gasteiger partial charge in [0.25, 0.3) is 0 Å². The molecule has 2 N–H and O–H groups in total. The van der Waals surface area contributed by atoms with E-state index in [1.807, 2.05) is 35.8 Å². The third kappa shape index (κ3) is 5.14. The Hall–Kier alpha value is -2.25. The normalized spacial score (nSPS) is 12.0. The van der Waals surface area contributed by atoms with E-state index in [4.69, 9.17) is 0 Å². The molecule has 0 radical (unpaired) electrons. The first-order valence-corrected chi connectivity index (χ1v) is 8.40. The van der Waals surface area contributed by atoms with Gasteiger partial charge in [-0.05, 0) is 54.2 Å². The highest BCUT2D eigenvalue weighted by atomic mass is 32.1. The minimum absolute atomic E-state index is 0.00472. The van der Waals surface area contributed by atoms with E-state index in [0.29, 0.717) is 6.54 Å². The van der Waals surface area contributed by atoms with Crippen molar-refractivity contribution in [1.29, 1.82) is 0 Å². The summed E-state index contributed by atoms with van der Waals surface area (Å²) >= 11 is 1.59. The zero-order valence-electron chi connectivity index (χ0n) is 13.6. The molecule has 2 rings (SSSR count). The molecule has 1 unspecified atom stereocenters. The topological polar surface area (TPSA) is 61.4 Å². The van der Waals surface area contributed by atoms with Gasteiger partial charge < -0.3 is 15.5 Å². The van der Waals surface area contributed by atoms with E-state index < -0.39 is 11.8 Å². The van der Waals surface area contributed by atoms with Crippen molar-refractivity contribution < 1.29 is 14.0 Å². The number of rotatable bonds is 6. The average Bonchev–Trinajstić information content (AvgIpc) is 3.08. The second kappa shape index (κ2) is 8.56. The molecule has 2 aromatic rings. The molecule has 128 valence electrons. The standard InChI is InChI=1S/C17H20FN3O2S/c1-21(2)15(13-7-8-24-11-13)10-20-17(23)16(22)19-9-12-3-5-14(18)6-4-12/h3-8,11,15H,9-10H2,1-2H3,(H,19,22)(H,20,23). The highest BCUT2D eigenvalue weighted by molar-refractivity contribution is 7.07. The summed E-state index contributed by atoms with van der Waals surface area (Å²) in [6.45, 7) is 0.515. The summed E-state index contributed by atoms with van der Waals surface area (Å²) in [5, 5.41) is 9.16. The number of hydrogen-bond acceptors (Lipinski definition) is 4. The van der Waals surface area contributed by atoms with Crippen molar-refractivity contribution in [1.82, 2.24) is 15.5 Å². The van der Waals surface area contributed by atoms with Crippen molar-refractivity contribution in [2.75, 3.05) is 20.6 Å². The molecular formula is C17H20FN3O2S. The molecule has 1 aromatic heterocycles. The van der Waals surface area contributed by atoms with Crippen molar-refractivity contribution in [3.05, 3.63) is 58.0 Å². The zero-order valence-corrected chi connectivity index (χ0v) is 14.4. The molecule has 0 aliphatic heterocycles. The number of nitrogens with one attached hydrogen (secondary N) is 2. The summed E-state index contributed by atoms with van der Waals surface area (Å²) in [5.41, 5.74) is 1.82. The number of nitrogens with zero attached hydrogens (tertiary/aromatic N) is 1. The Bertz CT molecular complexity index is 672. The van der Waals surface area contributed by atoms with Gasteiger partial charge >= 0.3 is 11.8 Å². The van der Waals surface area contributed by atoms with Crippen LogP contribution in [-0.2, 0) is 16.1 Å². The molecule has 5 nitrogen and oxygen atoms in total. The molecule has 0 saturated heterocycles. The van der Waals surface area contributed by atoms with Crippen molar-refractivity contribution in [3.63, 3.8) is 0 Å². The van der Waals surface area contributed by atoms with Crippen molar-refractivity contribution in [2.24, 2.45) is 0 Å². The van der Waals surface area contributed by atoms with Crippen LogP contribution in [0.25, 0.3) is 0 Å². The van der Waals surface area contributed by atoms with Gasteiger partial charge in [0.1, 0.15) is 5.82 Å². The lowest BCUT2D eigenvalue weighted by Crippen LogP contribution is -2.42. The number of thiophene rings is 1. The lowest BCUT2D eigenvalue weighted by atomic mass is 10.1. The Morgan fingerprint density at radius 3 is 2.38 bits per heavy atom. The van der Waals surface area contributed by atoms with E-state index in [9.17, 15) is 14.0 Å². The minimum Gasteiger partial charge on any atom is -0.346 e. The van der Waals surface area contributed by atoms with Crippen LogP contribution in [0.5, 0.6) is 0 Å². The van der Waals surface area contributed by atoms with Gasteiger partial charge in [-0.1, -0.05) is 12.1 Å². The Labute approximate surface area is 144 Å². The van der Waals surface area contributed by atoms with Gasteiger partial charge in [0.05, 0.1) is 6.04 Å². The van der Waals surface area contributed by atoms with Crippen LogP contribution in [0, 0.1) is 5.82 Å². The first kappa shape index (κ1) is 18.1. The number of carbonyl (C=O) groups is 2. The quantitative estimate of drug-likeness (QED) is 0.784. The summed E-state index contributed by atoms with van der Waals surface area (Å²) in [6, 6.07) is 7.74. The number of amides is 2. The molecule has 2 amide bonds. The van der Waals surface area contributed by atoms with Gasteiger partial charge in [-0.25, -0.2) is 4.39 Å². The first-order valence-electron chi connectivity index (χ1n) is 7.46. The third-order valence-electron chi connectivity index (χ3n) is 3.58. The Balaban J connectivity index is 1.82. The second-order valence-corrected chi connectivity index (χ2v) is 6.34. The van der Waals surface area contributed by atoms with Gasteiger partial charge in [0.15, 0.2) is 0 Å². The molecule has 1 aromatic carbocycles. The first-order chi connectivity index (χ1) is 11.5. The smallest absolute Gasteiger partial charge is 0.309 e. The molecule has 0 aliphatic rings. The molecule has 1 atom stereocenters. The molecule has 0 fully saturated rings. The van der Waals surface area contributed by atoms with E-state index in [-0.39, 0.29) is 18.4 Å². The van der Waals surface area contributed by atoms with Crippen molar-refractivity contribution in [2.45, 2.75) is 12.6 Å². The van der Waals surface area contributed by atoms with Crippen LogP contribution >= 0.6 is 11.3 Å². The fourth-order valence-electron chi connectivity index (χ4n) is 2.20. The molecule has 7 heteroatoms. The van der Waals surface area contributed by atoms with Crippen LogP contribution in [0.1, 0.15) is 17.2 Å². The van der Waals surface area contributed by atoms with E-state index in [0.717, 1.165) is 11.1 Å². The van der Waals surface area contributed by atoms with E-state index >= 15 is 0 Å². The number of carbonyl (C=O) groups excluding carboxylic acids is 2. The number of likely N-dealkylation sites (N-methyl/N-ethyl adjacent to an activating group) is 1. The van der Waals surface area contributed by atoms with Crippen LogP contribution in [-0.4, -0.2) is 37.4 Å². The summed E-state index contributed by atoms with van der Waals surface area (Å²) in [7, 11) is 3.84. The third-order valence-corrected chi connectivity index (χ3v) is 4.28. The maximum Gasteiger partial charge on any atom is 0.309 e. The average molecular weight is 349 g/mol. The highest BCUT2D eigenvalue weighted by Crippen LogP contribution is 2.19. The number of hydrogen-bond donors (Lipinski definition) is 2. The fourth-order valence-corrected chi connectivity index (χ4v) is 2.90. The zero-order chi connectivity index (χ0) is 17.5. The Morgan fingerprint density at radius 2 is 1.79 bits per heavy atom. The SMILES string of the molecule is CN(C)C(CNC(=O)C(=O)NCc1ccc(F)cc1)c1ccsc1. The number of benzene rings is 1. The van der Waals surface area contributed by atoms with Gasteiger partial charge in [-0.3, -0.25) is 9.59 Å². The minimum atomic E-state index is -0.706. The van der Waals surface area contributed by atoms with Crippen molar-refractivity contribution >= 4 is 23.2 Å². The molecule has 0 aliphatic carbocycles. The van der Waals surface area contributed by atoms with Gasteiger partial charge in [0, 0.05) is 13.1 Å². The van der Waals surface area contributed by atoms with Crippen LogP contribution in [0.15, 0.2) is 41.1 Å². The van der Waals surface area contributed by atoms with Gasteiger partial charge in [-0.15, -0.1) is 0 Å². The van der Waals surface area contributed by atoms with Crippen LogP contribution in [0.2, 0.25) is 0 Å². The van der Waals surface area contributed by atoms with Gasteiger partial charge in [-0.2, -0.15) is 11.3 Å². The lowest BCUT2D eigenvalue weighted by molar-refractivity contribution is -0.139. The second-order valence-electron chi connectivity index (χ2n) is 5.56. The maximum atomic E-state index is 12.8. The lowest BCUT2D eigenvalue weighted by Gasteiger charge is -2.23. The predicted octanol–water partition coefficient (Wildman–Crippen LogP) is 1.92.